The molecule has 0 fully saturated rings. The molecule has 1 heterocycles. The predicted molar refractivity (Wildman–Crippen MR) is 115 cm³/mol. The van der Waals surface area contributed by atoms with Crippen molar-refractivity contribution < 1.29 is 23.7 Å². The van der Waals surface area contributed by atoms with Crippen molar-refractivity contribution >= 4 is 17.5 Å². The zero-order chi connectivity index (χ0) is 21.7. The number of benzene rings is 2. The molecule has 2 N–H and O–H groups in total. The molecule has 0 saturated carbocycles. The number of carbonyl (C=O) groups excluding carboxylic acids is 1. The van der Waals surface area contributed by atoms with Crippen LogP contribution in [0.4, 0.5) is 0 Å². The Morgan fingerprint density at radius 2 is 1.87 bits per heavy atom. The fraction of sp³-hybridized carbons (Fsp3) is 0.409. The van der Waals surface area contributed by atoms with Crippen molar-refractivity contribution in [3.8, 4) is 23.0 Å². The van der Waals surface area contributed by atoms with Gasteiger partial charge >= 0.3 is 0 Å². The molecule has 1 aliphatic rings. The van der Waals surface area contributed by atoms with Crippen LogP contribution in [0.1, 0.15) is 31.9 Å². The summed E-state index contributed by atoms with van der Waals surface area (Å²) in [4.78, 5) is 12.0. The first-order valence-electron chi connectivity index (χ1n) is 9.64. The summed E-state index contributed by atoms with van der Waals surface area (Å²) in [7, 11) is 1.55. The van der Waals surface area contributed by atoms with Gasteiger partial charge in [0.2, 0.25) is 6.79 Å². The molecule has 8 heteroatoms. The fourth-order valence-corrected chi connectivity index (χ4v) is 3.20. The second-order valence-corrected chi connectivity index (χ2v) is 8.38. The van der Waals surface area contributed by atoms with Crippen molar-refractivity contribution in [3.05, 3.63) is 46.5 Å². The Labute approximate surface area is 181 Å². The van der Waals surface area contributed by atoms with Crippen molar-refractivity contribution in [2.24, 2.45) is 0 Å². The Kier molecular flexibility index (Phi) is 6.95. The predicted octanol–water partition coefficient (Wildman–Crippen LogP) is 3.66. The van der Waals surface area contributed by atoms with E-state index in [0.717, 1.165) is 22.6 Å². The molecule has 162 valence electrons. The van der Waals surface area contributed by atoms with Gasteiger partial charge in [-0.3, -0.25) is 4.79 Å². The van der Waals surface area contributed by atoms with Gasteiger partial charge in [0.05, 0.1) is 7.11 Å². The van der Waals surface area contributed by atoms with Gasteiger partial charge < -0.3 is 29.6 Å². The molecule has 0 atom stereocenters. The van der Waals surface area contributed by atoms with Crippen molar-refractivity contribution in [1.29, 1.82) is 0 Å². The topological polar surface area (TPSA) is 78.1 Å². The van der Waals surface area contributed by atoms with Crippen molar-refractivity contribution in [1.82, 2.24) is 10.6 Å². The Morgan fingerprint density at radius 1 is 1.10 bits per heavy atom. The molecule has 0 bridgehead atoms. The lowest BCUT2D eigenvalue weighted by molar-refractivity contribution is -0.124. The third kappa shape index (κ3) is 5.93. The highest BCUT2D eigenvalue weighted by Gasteiger charge is 2.17. The second kappa shape index (κ2) is 9.45. The summed E-state index contributed by atoms with van der Waals surface area (Å²) in [6, 6.07) is 9.32. The summed E-state index contributed by atoms with van der Waals surface area (Å²) in [5, 5.41) is 6.73. The lowest BCUT2D eigenvalue weighted by atomic mass is 10.1. The number of fused-ring (bicyclic) bond motifs is 1. The van der Waals surface area contributed by atoms with Gasteiger partial charge in [0, 0.05) is 29.7 Å². The fourth-order valence-electron chi connectivity index (χ4n) is 2.98. The van der Waals surface area contributed by atoms with E-state index in [2.05, 4.69) is 10.6 Å². The average Bonchev–Trinajstić information content (AvgIpc) is 3.14. The van der Waals surface area contributed by atoms with Crippen molar-refractivity contribution in [2.45, 2.75) is 39.4 Å². The van der Waals surface area contributed by atoms with Crippen LogP contribution in [0, 0.1) is 0 Å². The maximum Gasteiger partial charge on any atom is 0.258 e. The molecule has 0 aliphatic carbocycles. The summed E-state index contributed by atoms with van der Waals surface area (Å²) >= 11 is 6.43. The Balaban J connectivity index is 1.58. The summed E-state index contributed by atoms with van der Waals surface area (Å²) < 4.78 is 21.8. The molecule has 0 spiro atoms. The smallest absolute Gasteiger partial charge is 0.258 e. The minimum absolute atomic E-state index is 0.119. The largest absolute Gasteiger partial charge is 0.493 e. The van der Waals surface area contributed by atoms with E-state index in [4.69, 9.17) is 30.5 Å². The van der Waals surface area contributed by atoms with E-state index in [1.54, 1.807) is 13.2 Å². The maximum absolute atomic E-state index is 12.0. The molecular formula is C22H27ClN2O5. The number of carbonyl (C=O) groups is 1. The zero-order valence-electron chi connectivity index (χ0n) is 17.6. The summed E-state index contributed by atoms with van der Waals surface area (Å²) in [5.41, 5.74) is 1.61. The van der Waals surface area contributed by atoms with E-state index in [9.17, 15) is 4.79 Å². The maximum atomic E-state index is 12.0. The number of amides is 1. The van der Waals surface area contributed by atoms with Gasteiger partial charge in [0.1, 0.15) is 0 Å². The van der Waals surface area contributed by atoms with Gasteiger partial charge in [-0.15, -0.1) is 0 Å². The van der Waals surface area contributed by atoms with E-state index in [-0.39, 0.29) is 24.8 Å². The zero-order valence-corrected chi connectivity index (χ0v) is 18.4. The number of ether oxygens (including phenoxy) is 4. The Bertz CT molecular complexity index is 911. The Morgan fingerprint density at radius 3 is 2.60 bits per heavy atom. The SMILES string of the molecule is COc1cc(CNCc2ccc3c(c2)OCO3)c(Cl)cc1OCC(=O)NC(C)(C)C. The van der Waals surface area contributed by atoms with Crippen molar-refractivity contribution in [2.75, 3.05) is 20.5 Å². The van der Waals surface area contributed by atoms with Crippen LogP contribution in [-0.4, -0.2) is 32.0 Å². The second-order valence-electron chi connectivity index (χ2n) is 7.97. The van der Waals surface area contributed by atoms with Gasteiger partial charge in [-0.2, -0.15) is 0 Å². The molecule has 1 amide bonds. The first-order valence-corrected chi connectivity index (χ1v) is 10.0. The first-order chi connectivity index (χ1) is 14.2. The van der Waals surface area contributed by atoms with Crippen LogP contribution in [0.15, 0.2) is 30.3 Å². The van der Waals surface area contributed by atoms with Gasteiger partial charge in [-0.25, -0.2) is 0 Å². The highest BCUT2D eigenvalue weighted by molar-refractivity contribution is 6.31. The van der Waals surface area contributed by atoms with Gasteiger partial charge in [0.15, 0.2) is 29.6 Å². The van der Waals surface area contributed by atoms with E-state index in [0.29, 0.717) is 29.6 Å². The summed E-state index contributed by atoms with van der Waals surface area (Å²) in [6.45, 7) is 7.05. The Hall–Kier alpha value is -2.64. The molecule has 7 nitrogen and oxygen atoms in total. The third-order valence-corrected chi connectivity index (χ3v) is 4.64. The van der Waals surface area contributed by atoms with E-state index in [1.165, 1.54) is 0 Å². The molecule has 1 aliphatic heterocycles. The van der Waals surface area contributed by atoms with E-state index in [1.807, 2.05) is 45.0 Å². The van der Waals surface area contributed by atoms with Crippen LogP contribution in [-0.2, 0) is 17.9 Å². The van der Waals surface area contributed by atoms with Crippen molar-refractivity contribution in [3.63, 3.8) is 0 Å². The van der Waals surface area contributed by atoms with Gasteiger partial charge in [-0.05, 0) is 50.1 Å². The van der Waals surface area contributed by atoms with E-state index >= 15 is 0 Å². The number of methoxy groups -OCH3 is 1. The van der Waals surface area contributed by atoms with E-state index < -0.39 is 0 Å². The lowest BCUT2D eigenvalue weighted by Gasteiger charge is -2.21. The minimum atomic E-state index is -0.324. The quantitative estimate of drug-likeness (QED) is 0.660. The molecule has 0 radical (unpaired) electrons. The number of hydrogen-bond donors (Lipinski definition) is 2. The molecule has 30 heavy (non-hydrogen) atoms. The van der Waals surface area contributed by atoms with Crippen LogP contribution >= 0.6 is 11.6 Å². The highest BCUT2D eigenvalue weighted by atomic mass is 35.5. The number of hydrogen-bond acceptors (Lipinski definition) is 6. The van der Waals surface area contributed by atoms with Crippen LogP contribution in [0.2, 0.25) is 5.02 Å². The van der Waals surface area contributed by atoms with Crippen LogP contribution in [0.3, 0.4) is 0 Å². The number of halogens is 1. The third-order valence-electron chi connectivity index (χ3n) is 4.29. The molecule has 2 aromatic carbocycles. The standard InChI is InChI=1S/C22H27ClN2O5/c1-22(2,3)25-21(26)12-28-20-9-16(23)15(8-18(20)27-4)11-24-10-14-5-6-17-19(7-14)30-13-29-17/h5-9,24H,10-13H2,1-4H3,(H,25,26). The number of rotatable bonds is 8. The molecule has 0 saturated heterocycles. The van der Waals surface area contributed by atoms with Gasteiger partial charge in [-0.1, -0.05) is 17.7 Å². The monoisotopic (exact) mass is 434 g/mol. The molecule has 0 aromatic heterocycles. The molecule has 3 rings (SSSR count). The summed E-state index contributed by atoms with van der Waals surface area (Å²) in [5.74, 6) is 2.24. The normalized spacial score (nSPS) is 12.6. The van der Waals surface area contributed by atoms with Crippen LogP contribution in [0.5, 0.6) is 23.0 Å². The minimum Gasteiger partial charge on any atom is -0.493 e. The average molecular weight is 435 g/mol. The van der Waals surface area contributed by atoms with Gasteiger partial charge in [0.25, 0.3) is 5.91 Å². The molecular weight excluding hydrogens is 408 g/mol. The molecule has 0 unspecified atom stereocenters. The molecule has 2 aromatic rings. The number of nitrogens with one attached hydrogen (secondary N) is 2. The van der Waals surface area contributed by atoms with Crippen LogP contribution in [0.25, 0.3) is 0 Å². The summed E-state index contributed by atoms with van der Waals surface area (Å²) in [6.07, 6.45) is 0. The first kappa shape index (κ1) is 22.1. The highest BCUT2D eigenvalue weighted by Crippen LogP contribution is 2.34. The lowest BCUT2D eigenvalue weighted by Crippen LogP contribution is -2.43. The van der Waals surface area contributed by atoms with Crippen LogP contribution < -0.4 is 29.6 Å².